The number of amides is 1. The number of carbonyl (C=O) groups is 1. The van der Waals surface area contributed by atoms with Crippen molar-refractivity contribution in [1.29, 1.82) is 0 Å². The third-order valence-electron chi connectivity index (χ3n) is 5.68. The molecule has 0 saturated carbocycles. The molecule has 180 valence electrons. The van der Waals surface area contributed by atoms with Gasteiger partial charge in [0, 0.05) is 23.1 Å². The summed E-state index contributed by atoms with van der Waals surface area (Å²) in [7, 11) is 6.21. The van der Waals surface area contributed by atoms with Crippen molar-refractivity contribution in [3.63, 3.8) is 0 Å². The lowest BCUT2D eigenvalue weighted by Crippen LogP contribution is -2.37. The van der Waals surface area contributed by atoms with Gasteiger partial charge in [-0.05, 0) is 49.2 Å². The third-order valence-corrected chi connectivity index (χ3v) is 6.54. The van der Waals surface area contributed by atoms with Gasteiger partial charge in [-0.3, -0.25) is 9.69 Å². The third kappa shape index (κ3) is 4.95. The Morgan fingerprint density at radius 1 is 1.06 bits per heavy atom. The van der Waals surface area contributed by atoms with Crippen LogP contribution in [-0.4, -0.2) is 58.6 Å². The van der Waals surface area contributed by atoms with Gasteiger partial charge in [0.15, 0.2) is 16.6 Å². The van der Waals surface area contributed by atoms with Crippen molar-refractivity contribution in [1.82, 2.24) is 4.98 Å². The number of anilines is 1. The molecule has 34 heavy (non-hydrogen) atoms. The summed E-state index contributed by atoms with van der Waals surface area (Å²) in [6.07, 6.45) is 1.83. The average molecular weight is 485 g/mol. The van der Waals surface area contributed by atoms with Gasteiger partial charge in [0.25, 0.3) is 5.91 Å². The first-order valence-corrected chi connectivity index (χ1v) is 11.8. The molecule has 1 saturated heterocycles. The lowest BCUT2D eigenvalue weighted by molar-refractivity contribution is 0.0916. The molecule has 9 heteroatoms. The zero-order chi connectivity index (χ0) is 24.1. The first kappa shape index (κ1) is 23.8. The molecule has 1 aromatic heterocycles. The largest absolute Gasteiger partial charge is 0.497 e. The quantitative estimate of drug-likeness (QED) is 0.437. The van der Waals surface area contributed by atoms with Crippen LogP contribution in [0.3, 0.4) is 0 Å². The Morgan fingerprint density at radius 2 is 1.76 bits per heavy atom. The molecule has 1 amide bonds. The zero-order valence-corrected chi connectivity index (χ0v) is 20.5. The minimum atomic E-state index is -0.217. The summed E-state index contributed by atoms with van der Waals surface area (Å²) >= 11 is 1.42. The molecular weight excluding hydrogens is 456 g/mol. The summed E-state index contributed by atoms with van der Waals surface area (Å²) in [5.41, 5.74) is 2.15. The Labute approximate surface area is 203 Å². The van der Waals surface area contributed by atoms with Crippen LogP contribution in [0.2, 0.25) is 0 Å². The van der Waals surface area contributed by atoms with Crippen molar-refractivity contribution < 1.29 is 28.5 Å². The van der Waals surface area contributed by atoms with E-state index in [4.69, 9.17) is 28.7 Å². The Kier molecular flexibility index (Phi) is 7.54. The Bertz CT molecular complexity index is 1100. The van der Waals surface area contributed by atoms with Gasteiger partial charge in [-0.1, -0.05) is 0 Å². The van der Waals surface area contributed by atoms with Crippen LogP contribution in [0.25, 0.3) is 11.3 Å². The fourth-order valence-corrected chi connectivity index (χ4v) is 4.72. The monoisotopic (exact) mass is 484 g/mol. The van der Waals surface area contributed by atoms with E-state index in [2.05, 4.69) is 0 Å². The molecule has 1 fully saturated rings. The number of carbonyl (C=O) groups excluding carboxylic acids is 1. The normalized spacial score (nSPS) is 15.1. The van der Waals surface area contributed by atoms with Gasteiger partial charge >= 0.3 is 0 Å². The summed E-state index contributed by atoms with van der Waals surface area (Å²) in [4.78, 5) is 20.2. The van der Waals surface area contributed by atoms with Crippen molar-refractivity contribution in [3.05, 3.63) is 47.3 Å². The van der Waals surface area contributed by atoms with Gasteiger partial charge in [0.2, 0.25) is 5.75 Å². The predicted molar refractivity (Wildman–Crippen MR) is 131 cm³/mol. The van der Waals surface area contributed by atoms with Crippen molar-refractivity contribution in [2.75, 3.05) is 46.5 Å². The fourth-order valence-electron chi connectivity index (χ4n) is 3.88. The molecule has 0 bridgehead atoms. The molecule has 0 unspecified atom stereocenters. The van der Waals surface area contributed by atoms with Crippen LogP contribution >= 0.6 is 11.3 Å². The highest BCUT2D eigenvalue weighted by Gasteiger charge is 2.28. The lowest BCUT2D eigenvalue weighted by atomic mass is 10.1. The van der Waals surface area contributed by atoms with Crippen LogP contribution in [0, 0.1) is 0 Å². The number of aromatic nitrogens is 1. The molecule has 0 N–H and O–H groups in total. The number of hydrogen-bond donors (Lipinski definition) is 0. The number of methoxy groups -OCH3 is 4. The van der Waals surface area contributed by atoms with E-state index in [-0.39, 0.29) is 12.0 Å². The molecular formula is C25H28N2O6S. The molecule has 0 radical (unpaired) electrons. The minimum Gasteiger partial charge on any atom is -0.497 e. The highest BCUT2D eigenvalue weighted by molar-refractivity contribution is 7.14. The van der Waals surface area contributed by atoms with Crippen molar-refractivity contribution >= 4 is 22.4 Å². The molecule has 4 rings (SSSR count). The van der Waals surface area contributed by atoms with Crippen molar-refractivity contribution in [2.45, 2.75) is 18.9 Å². The van der Waals surface area contributed by atoms with Crippen molar-refractivity contribution in [3.8, 4) is 34.3 Å². The van der Waals surface area contributed by atoms with Crippen LogP contribution in [0.15, 0.2) is 41.8 Å². The number of hydrogen-bond acceptors (Lipinski definition) is 8. The molecule has 0 aliphatic carbocycles. The summed E-state index contributed by atoms with van der Waals surface area (Å²) in [6, 6.07) is 11.0. The minimum absolute atomic E-state index is 0.0423. The van der Waals surface area contributed by atoms with Gasteiger partial charge in [0.05, 0.1) is 46.8 Å². The first-order chi connectivity index (χ1) is 16.6. The summed E-state index contributed by atoms with van der Waals surface area (Å²) in [5.74, 6) is 1.83. The maximum atomic E-state index is 13.8. The topological polar surface area (TPSA) is 79.4 Å². The Hall–Kier alpha value is -3.30. The first-order valence-electron chi connectivity index (χ1n) is 10.9. The molecule has 2 heterocycles. The van der Waals surface area contributed by atoms with Crippen LogP contribution < -0.4 is 23.8 Å². The highest BCUT2D eigenvalue weighted by Crippen LogP contribution is 2.39. The Morgan fingerprint density at radius 3 is 2.32 bits per heavy atom. The van der Waals surface area contributed by atoms with Crippen LogP contribution in [0.5, 0.6) is 23.0 Å². The van der Waals surface area contributed by atoms with Crippen molar-refractivity contribution in [2.24, 2.45) is 0 Å². The number of thiazole rings is 1. The van der Waals surface area contributed by atoms with Crippen LogP contribution in [0.1, 0.15) is 23.2 Å². The van der Waals surface area contributed by atoms with E-state index in [0.717, 1.165) is 29.8 Å². The summed E-state index contributed by atoms with van der Waals surface area (Å²) < 4.78 is 27.4. The standard InChI is InChI=1S/C25H28N2O6S/c1-29-18-9-7-16(8-10-18)20-15-34-25(26-20)27(14-19-6-5-11-33-19)24(28)17-12-21(30-2)23(32-4)22(13-17)31-3/h7-10,12-13,15,19H,5-6,11,14H2,1-4H3/t19-/m1/s1. The number of ether oxygens (including phenoxy) is 5. The maximum absolute atomic E-state index is 13.8. The van der Waals surface area contributed by atoms with Gasteiger partial charge in [-0.25, -0.2) is 4.98 Å². The second-order valence-electron chi connectivity index (χ2n) is 7.71. The maximum Gasteiger partial charge on any atom is 0.260 e. The van der Waals surface area contributed by atoms with Crippen LogP contribution in [-0.2, 0) is 4.74 Å². The predicted octanol–water partition coefficient (Wildman–Crippen LogP) is 4.67. The van der Waals surface area contributed by atoms with E-state index in [9.17, 15) is 4.79 Å². The molecule has 2 aromatic carbocycles. The number of rotatable bonds is 9. The lowest BCUT2D eigenvalue weighted by Gasteiger charge is -2.24. The SMILES string of the molecule is COc1ccc(-c2csc(N(C[C@H]3CCCO3)C(=O)c3cc(OC)c(OC)c(OC)c3)n2)cc1. The molecule has 1 aliphatic heterocycles. The second-order valence-corrected chi connectivity index (χ2v) is 8.55. The van der Waals surface area contributed by atoms with Crippen LogP contribution in [0.4, 0.5) is 5.13 Å². The Balaban J connectivity index is 1.69. The molecule has 1 atom stereocenters. The van der Waals surface area contributed by atoms with E-state index in [0.29, 0.717) is 41.1 Å². The fraction of sp³-hybridized carbons (Fsp3) is 0.360. The smallest absolute Gasteiger partial charge is 0.260 e. The average Bonchev–Trinajstić information content (AvgIpc) is 3.58. The summed E-state index contributed by atoms with van der Waals surface area (Å²) in [5, 5.41) is 2.54. The van der Waals surface area contributed by atoms with Gasteiger partial charge in [-0.15, -0.1) is 11.3 Å². The second kappa shape index (κ2) is 10.8. The highest BCUT2D eigenvalue weighted by atomic mass is 32.1. The number of nitrogens with zero attached hydrogens (tertiary/aromatic N) is 2. The molecule has 0 spiro atoms. The van der Waals surface area contributed by atoms with E-state index >= 15 is 0 Å². The molecule has 3 aromatic rings. The zero-order valence-electron chi connectivity index (χ0n) is 19.7. The van der Waals surface area contributed by atoms with E-state index in [1.165, 1.54) is 32.7 Å². The molecule has 8 nitrogen and oxygen atoms in total. The van der Waals surface area contributed by atoms with Gasteiger partial charge < -0.3 is 23.7 Å². The van der Waals surface area contributed by atoms with E-state index < -0.39 is 0 Å². The van der Waals surface area contributed by atoms with E-state index in [1.807, 2.05) is 29.6 Å². The molecule has 1 aliphatic rings. The van der Waals surface area contributed by atoms with Gasteiger partial charge in [-0.2, -0.15) is 0 Å². The van der Waals surface area contributed by atoms with E-state index in [1.54, 1.807) is 24.1 Å². The number of benzene rings is 2. The van der Waals surface area contributed by atoms with Gasteiger partial charge in [0.1, 0.15) is 5.75 Å². The summed E-state index contributed by atoms with van der Waals surface area (Å²) in [6.45, 7) is 1.11.